The van der Waals surface area contributed by atoms with Crippen molar-refractivity contribution in [2.75, 3.05) is 0 Å². The Morgan fingerprint density at radius 1 is 0.586 bits per heavy atom. The van der Waals surface area contributed by atoms with Crippen LogP contribution >= 0.6 is 0 Å². The second-order valence-electron chi connectivity index (χ2n) is 15.9. The van der Waals surface area contributed by atoms with Crippen LogP contribution in [0.5, 0.6) is 5.75 Å². The van der Waals surface area contributed by atoms with Gasteiger partial charge in [-0.3, -0.25) is 9.55 Å². The first kappa shape index (κ1) is 35.8. The van der Waals surface area contributed by atoms with Gasteiger partial charge in [-0.05, 0) is 69.9 Å². The molecule has 0 atom stereocenters. The van der Waals surface area contributed by atoms with E-state index in [-0.39, 0.29) is 32.2 Å². The number of benzene rings is 7. The summed E-state index contributed by atoms with van der Waals surface area (Å²) in [5.41, 5.74) is 13.9. The Balaban J connectivity index is 0.00000408. The van der Waals surface area contributed by atoms with E-state index in [1.807, 2.05) is 36.5 Å². The molecule has 0 spiro atoms. The minimum absolute atomic E-state index is 0. The molecule has 0 unspecified atom stereocenters. The van der Waals surface area contributed by atoms with Crippen molar-refractivity contribution in [2.45, 2.75) is 26.2 Å². The molecule has 0 fully saturated rings. The van der Waals surface area contributed by atoms with Gasteiger partial charge in [0.05, 0.1) is 27.8 Å². The number of fused-ring (bicyclic) bond motifs is 7. The van der Waals surface area contributed by atoms with Crippen molar-refractivity contribution < 1.29 is 26.2 Å². The molecule has 0 aliphatic rings. The summed E-state index contributed by atoms with van der Waals surface area (Å²) in [6, 6.07) is 58.6. The van der Waals surface area contributed by atoms with Gasteiger partial charge in [0, 0.05) is 54.8 Å². The number of imidazole rings is 1. The summed E-state index contributed by atoms with van der Waals surface area (Å²) < 4.78 is 4.62. The normalized spacial score (nSPS) is 12.0. The number of para-hydroxylation sites is 4. The number of phenolic OH excluding ortho intramolecular Hbond substituents is 1. The first-order valence-electron chi connectivity index (χ1n) is 19.4. The molecule has 0 bridgehead atoms. The number of hydrogen-bond acceptors (Lipinski definition) is 3. The second kappa shape index (κ2) is 13.5. The molecule has 5 nitrogen and oxygen atoms in total. The molecule has 6 heteroatoms. The molecule has 0 amide bonds. The van der Waals surface area contributed by atoms with E-state index in [9.17, 15) is 5.11 Å². The predicted octanol–water partition coefficient (Wildman–Crippen LogP) is 13.0. The van der Waals surface area contributed by atoms with Crippen LogP contribution in [0.15, 0.2) is 164 Å². The van der Waals surface area contributed by atoms with E-state index in [4.69, 9.17) is 9.97 Å². The second-order valence-corrected chi connectivity index (χ2v) is 15.9. The van der Waals surface area contributed by atoms with Crippen LogP contribution in [0.3, 0.4) is 0 Å². The minimum atomic E-state index is -0.0565. The van der Waals surface area contributed by atoms with Crippen molar-refractivity contribution in [3.05, 3.63) is 176 Å². The molecule has 4 heterocycles. The van der Waals surface area contributed by atoms with Crippen molar-refractivity contribution >= 4 is 49.1 Å². The molecule has 11 aromatic rings. The van der Waals surface area contributed by atoms with Gasteiger partial charge >= 0.3 is 0 Å². The summed E-state index contributed by atoms with van der Waals surface area (Å²) in [6.45, 7) is 6.74. The minimum Gasteiger partial charge on any atom is -0.507 e. The Morgan fingerprint density at radius 3 is 2.07 bits per heavy atom. The average molecular weight is 929 g/mol. The Hall–Kier alpha value is -6.55. The molecule has 0 saturated heterocycles. The molecule has 0 saturated carbocycles. The van der Waals surface area contributed by atoms with Crippen molar-refractivity contribution in [3.63, 3.8) is 0 Å². The summed E-state index contributed by atoms with van der Waals surface area (Å²) in [4.78, 5) is 10.4. The largest absolute Gasteiger partial charge is 0.507 e. The molecule has 58 heavy (non-hydrogen) atoms. The Labute approximate surface area is 350 Å². The van der Waals surface area contributed by atoms with Gasteiger partial charge in [0.15, 0.2) is 0 Å². The number of pyridine rings is 1. The van der Waals surface area contributed by atoms with Crippen molar-refractivity contribution in [3.8, 4) is 56.3 Å². The van der Waals surface area contributed by atoms with Crippen LogP contribution in [0.25, 0.3) is 99.7 Å². The van der Waals surface area contributed by atoms with Crippen LogP contribution in [0.2, 0.25) is 0 Å². The van der Waals surface area contributed by atoms with E-state index < -0.39 is 0 Å². The van der Waals surface area contributed by atoms with E-state index in [2.05, 4.69) is 157 Å². The van der Waals surface area contributed by atoms with Crippen molar-refractivity contribution in [1.29, 1.82) is 0 Å². The molecule has 282 valence electrons. The number of phenols is 1. The number of aromatic hydroxyl groups is 1. The van der Waals surface area contributed by atoms with Crippen LogP contribution in [-0.4, -0.2) is 24.0 Å². The zero-order valence-corrected chi connectivity index (χ0v) is 34.4. The van der Waals surface area contributed by atoms with Crippen LogP contribution in [0, 0.1) is 6.07 Å². The number of aromatic nitrogens is 4. The van der Waals surface area contributed by atoms with Gasteiger partial charge in [-0.15, -0.1) is 17.7 Å². The number of hydrogen-bond donors (Lipinski definition) is 1. The third-order valence-electron chi connectivity index (χ3n) is 11.5. The van der Waals surface area contributed by atoms with Crippen molar-refractivity contribution in [1.82, 2.24) is 18.9 Å². The monoisotopic (exact) mass is 928 g/mol. The summed E-state index contributed by atoms with van der Waals surface area (Å²) in [7, 11) is 0. The average Bonchev–Trinajstić information content (AvgIpc) is 3.91. The fourth-order valence-corrected chi connectivity index (χ4v) is 8.77. The van der Waals surface area contributed by atoms with Gasteiger partial charge in [0.2, 0.25) is 0 Å². The number of nitrogens with zero attached hydrogens (tertiary/aromatic N) is 4. The summed E-state index contributed by atoms with van der Waals surface area (Å²) >= 11 is 0. The smallest absolute Gasteiger partial charge is 0.148 e. The summed E-state index contributed by atoms with van der Waals surface area (Å²) in [5.74, 6) is 0.835. The van der Waals surface area contributed by atoms with Gasteiger partial charge in [-0.2, -0.15) is 0 Å². The molecular weight excluding hydrogens is 892 g/mol. The van der Waals surface area contributed by atoms with Gasteiger partial charge in [-0.25, -0.2) is 4.98 Å². The molecule has 1 N–H and O–H groups in total. The molecule has 4 aromatic heterocycles. The van der Waals surface area contributed by atoms with Crippen LogP contribution < -0.4 is 0 Å². The third-order valence-corrected chi connectivity index (χ3v) is 11.5. The standard InChI is InChI=1S/C52H37N4O.Pt/c1-52(2,3)34-26-27-45(40(31-34)32-15-5-4-6-16-32)55-46-24-14-19-35(48(46)54-51(55)39-18-8-10-25-47(39)57)33-29-41-38-21-13-20-37-36-17-7-9-23-44(36)56(49(37)38)50(41)42(30-33)43-22-11-12-28-53-43;/h4-29,31,57H,1-3H3;/q-1;. The fraction of sp³-hybridized carbons (Fsp3) is 0.0769. The summed E-state index contributed by atoms with van der Waals surface area (Å²) in [6.07, 6.45) is 1.85. The van der Waals surface area contributed by atoms with Gasteiger partial charge in [0.25, 0.3) is 0 Å². The van der Waals surface area contributed by atoms with Crippen molar-refractivity contribution in [2.24, 2.45) is 0 Å². The molecule has 7 aromatic carbocycles. The van der Waals surface area contributed by atoms with E-state index in [1.165, 1.54) is 27.2 Å². The maximum atomic E-state index is 11.4. The SMILES string of the molecule is CC(C)(C)c1ccc(-n2c(-c3ccccc3O)nc3c(-c4[c-]c(-c5ccccn5)c5c(c4)c4cccc6c7ccccc7n5c64)cccc32)c(-c2ccccc2)c1.[Pt]. The molecule has 0 aliphatic carbocycles. The Morgan fingerprint density at radius 2 is 1.28 bits per heavy atom. The molecule has 0 radical (unpaired) electrons. The third kappa shape index (κ3) is 5.41. The zero-order chi connectivity index (χ0) is 38.4. The van der Waals surface area contributed by atoms with E-state index in [0.29, 0.717) is 11.4 Å². The molecular formula is C52H37N4OPt-. The maximum Gasteiger partial charge on any atom is 0.148 e. The van der Waals surface area contributed by atoms with Gasteiger partial charge in [-0.1, -0.05) is 146 Å². The van der Waals surface area contributed by atoms with Crippen LogP contribution in [-0.2, 0) is 26.5 Å². The van der Waals surface area contributed by atoms with E-state index >= 15 is 0 Å². The predicted molar refractivity (Wildman–Crippen MR) is 234 cm³/mol. The first-order chi connectivity index (χ1) is 27.8. The Kier molecular flexibility index (Phi) is 8.37. The van der Waals surface area contributed by atoms with Gasteiger partial charge < -0.3 is 9.51 Å². The topological polar surface area (TPSA) is 55.3 Å². The Bertz CT molecular complexity index is 3340. The number of rotatable bonds is 5. The zero-order valence-electron chi connectivity index (χ0n) is 32.1. The molecule has 11 rings (SSSR count). The van der Waals surface area contributed by atoms with Crippen LogP contribution in [0.4, 0.5) is 0 Å². The quantitative estimate of drug-likeness (QED) is 0.175. The summed E-state index contributed by atoms with van der Waals surface area (Å²) in [5, 5.41) is 16.2. The van der Waals surface area contributed by atoms with Gasteiger partial charge in [0.1, 0.15) is 11.6 Å². The first-order valence-corrected chi connectivity index (χ1v) is 19.4. The fourth-order valence-electron chi connectivity index (χ4n) is 8.77. The van der Waals surface area contributed by atoms with E-state index in [1.54, 1.807) is 6.07 Å². The maximum absolute atomic E-state index is 11.4. The van der Waals surface area contributed by atoms with E-state index in [0.717, 1.165) is 66.7 Å². The molecule has 0 aliphatic heterocycles. The van der Waals surface area contributed by atoms with Crippen LogP contribution in [0.1, 0.15) is 26.3 Å².